The minimum atomic E-state index is -1.97. The topological polar surface area (TPSA) is 307 Å². The summed E-state index contributed by atoms with van der Waals surface area (Å²) in [5.41, 5.74) is 0. The van der Waals surface area contributed by atoms with Crippen molar-refractivity contribution < 1.29 is 89.4 Å². The van der Waals surface area contributed by atoms with Crippen molar-refractivity contribution in [3.8, 4) is 0 Å². The minimum absolute atomic E-state index is 0.234. The lowest BCUT2D eigenvalue weighted by atomic mass is 9.96. The van der Waals surface area contributed by atoms with E-state index in [2.05, 4.69) is 19.2 Å². The van der Waals surface area contributed by atoms with Crippen LogP contribution in [-0.2, 0) is 33.2 Å². The molecule has 0 aromatic heterocycles. The lowest BCUT2D eigenvalue weighted by Crippen LogP contribution is -2.66. The Balaban J connectivity index is 1.41. The first-order chi connectivity index (χ1) is 43.8. The van der Waals surface area contributed by atoms with Crippen LogP contribution in [0, 0.1) is 0 Å². The summed E-state index contributed by atoms with van der Waals surface area (Å²) < 4.78 is 34.5. The van der Waals surface area contributed by atoms with E-state index >= 15 is 0 Å². The van der Waals surface area contributed by atoms with E-state index in [1.165, 1.54) is 238 Å². The summed E-state index contributed by atoms with van der Waals surface area (Å²) in [5, 5.41) is 121. The third-order valence-electron chi connectivity index (χ3n) is 19.2. The van der Waals surface area contributed by atoms with Gasteiger partial charge >= 0.3 is 0 Å². The Morgan fingerprint density at radius 1 is 0.356 bits per heavy atom. The quantitative estimate of drug-likeness (QED) is 0.0252. The fraction of sp³-hybridized carbons (Fsp3) is 0.986. The molecule has 0 aromatic rings. The van der Waals surface area contributed by atoms with Crippen LogP contribution in [0.5, 0.6) is 0 Å². The number of nitrogens with one attached hydrogen (secondary N) is 1. The summed E-state index contributed by atoms with van der Waals surface area (Å²) in [6, 6.07) is -0.882. The average Bonchev–Trinajstić information content (AvgIpc) is 1.16. The molecule has 3 fully saturated rings. The average molecular weight is 1290 g/mol. The molecule has 1 amide bonds. The van der Waals surface area contributed by atoms with Crippen LogP contribution in [-0.4, -0.2) is 193 Å². The van der Waals surface area contributed by atoms with Gasteiger partial charge in [-0.3, -0.25) is 4.79 Å². The van der Waals surface area contributed by atoms with Gasteiger partial charge in [0.15, 0.2) is 18.9 Å². The van der Waals surface area contributed by atoms with Gasteiger partial charge in [-0.25, -0.2) is 0 Å². The SMILES string of the molecule is CCCCCCCCCCCCCCCCCCCCCCCCCC(O)C(COC1OC(CO)C(OC2OC(CO)C(OC3OC(CO)C(O)C(O)C3O)C(O)C2O)C(O)C1O)NC(=O)CCCCCCCCCCCCCCCCCCCCCCCC. The van der Waals surface area contributed by atoms with Crippen molar-refractivity contribution in [2.24, 2.45) is 0 Å². The summed E-state index contributed by atoms with van der Waals surface area (Å²) in [5.74, 6) is -0.234. The van der Waals surface area contributed by atoms with Crippen molar-refractivity contribution in [2.75, 3.05) is 26.4 Å². The second kappa shape index (κ2) is 53.9. The van der Waals surface area contributed by atoms with Gasteiger partial charge in [0.05, 0.1) is 38.6 Å². The lowest BCUT2D eigenvalue weighted by Gasteiger charge is -2.48. The highest BCUT2D eigenvalue weighted by molar-refractivity contribution is 5.76. The number of hydrogen-bond donors (Lipinski definition) is 12. The molecule has 3 saturated heterocycles. The number of unbranched alkanes of at least 4 members (excludes halogenated alkanes) is 43. The lowest BCUT2D eigenvalue weighted by molar-refractivity contribution is -0.379. The molecule has 0 spiro atoms. The molecule has 19 heteroatoms. The van der Waals surface area contributed by atoms with Gasteiger partial charge < -0.3 is 89.9 Å². The largest absolute Gasteiger partial charge is 0.394 e. The molecule has 0 saturated carbocycles. The van der Waals surface area contributed by atoms with Crippen molar-refractivity contribution in [1.29, 1.82) is 0 Å². The number of amides is 1. The summed E-state index contributed by atoms with van der Waals surface area (Å²) in [4.78, 5) is 13.5. The first-order valence-corrected chi connectivity index (χ1v) is 37.3. The van der Waals surface area contributed by atoms with Gasteiger partial charge in [0.1, 0.15) is 73.2 Å². The highest BCUT2D eigenvalue weighted by Gasteiger charge is 2.53. The predicted octanol–water partition coefficient (Wildman–Crippen LogP) is 10.7. The normalized spacial score (nSPS) is 27.9. The highest BCUT2D eigenvalue weighted by atomic mass is 16.8. The molecule has 3 rings (SSSR count). The van der Waals surface area contributed by atoms with Gasteiger partial charge in [0, 0.05) is 6.42 Å². The van der Waals surface area contributed by atoms with E-state index in [1.54, 1.807) is 0 Å². The number of rotatable bonds is 59. The van der Waals surface area contributed by atoms with Gasteiger partial charge in [-0.15, -0.1) is 0 Å². The van der Waals surface area contributed by atoms with Crippen molar-refractivity contribution >= 4 is 5.91 Å². The molecule has 17 unspecified atom stereocenters. The predicted molar refractivity (Wildman–Crippen MR) is 351 cm³/mol. The monoisotopic (exact) mass is 1290 g/mol. The van der Waals surface area contributed by atoms with E-state index < -0.39 is 124 Å². The maximum absolute atomic E-state index is 13.5. The second-order valence-electron chi connectivity index (χ2n) is 27.1. The van der Waals surface area contributed by atoms with Crippen LogP contribution in [0.2, 0.25) is 0 Å². The zero-order valence-electron chi connectivity index (χ0n) is 56.7. The smallest absolute Gasteiger partial charge is 0.220 e. The molecule has 3 heterocycles. The van der Waals surface area contributed by atoms with Gasteiger partial charge in [0.25, 0.3) is 0 Å². The van der Waals surface area contributed by atoms with Crippen molar-refractivity contribution in [1.82, 2.24) is 5.32 Å². The van der Waals surface area contributed by atoms with Crippen LogP contribution in [0.4, 0.5) is 0 Å². The molecule has 0 bridgehead atoms. The maximum Gasteiger partial charge on any atom is 0.220 e. The van der Waals surface area contributed by atoms with Crippen molar-refractivity contribution in [3.63, 3.8) is 0 Å². The van der Waals surface area contributed by atoms with E-state index in [4.69, 9.17) is 28.4 Å². The Labute approximate surface area is 544 Å². The zero-order valence-corrected chi connectivity index (χ0v) is 56.7. The molecule has 3 aliphatic rings. The third-order valence-corrected chi connectivity index (χ3v) is 19.2. The van der Waals surface area contributed by atoms with Crippen LogP contribution in [0.1, 0.15) is 316 Å². The van der Waals surface area contributed by atoms with E-state index in [1.807, 2.05) is 0 Å². The third kappa shape index (κ3) is 35.2. The maximum atomic E-state index is 13.5. The van der Waals surface area contributed by atoms with E-state index in [0.717, 1.165) is 44.9 Å². The van der Waals surface area contributed by atoms with Crippen LogP contribution < -0.4 is 5.32 Å². The summed E-state index contributed by atoms with van der Waals surface area (Å²) in [6.07, 6.45) is 31.8. The Morgan fingerprint density at radius 3 is 0.967 bits per heavy atom. The molecule has 12 N–H and O–H groups in total. The van der Waals surface area contributed by atoms with Crippen LogP contribution in [0.3, 0.4) is 0 Å². The van der Waals surface area contributed by atoms with Crippen LogP contribution in [0.15, 0.2) is 0 Å². The van der Waals surface area contributed by atoms with Crippen molar-refractivity contribution in [2.45, 2.75) is 420 Å². The zero-order chi connectivity index (χ0) is 65.4. The molecular formula is C71H137NO18. The number of aliphatic hydroxyl groups is 11. The fourth-order valence-electron chi connectivity index (χ4n) is 13.1. The number of ether oxygens (including phenoxy) is 6. The second-order valence-corrected chi connectivity index (χ2v) is 27.1. The summed E-state index contributed by atoms with van der Waals surface area (Å²) >= 11 is 0. The standard InChI is InChI=1S/C71H137NO18/c1-3-5-7-9-11-13-15-17-19-21-23-25-27-28-30-32-34-36-38-40-42-44-46-48-55(76)54(72-59(77)49-47-45-43-41-39-37-35-33-31-29-26-24-22-20-18-16-14-12-10-8-6-4-2)53-85-69-65(83)62(80)67(57(51-74)87-69)90-71-66(84)63(81)68(58(52-75)88-71)89-70-64(82)61(79)60(78)56(50-73)86-70/h54-58,60-71,73-76,78-84H,3-53H2,1-2H3,(H,72,77). The molecule has 534 valence electrons. The van der Waals surface area contributed by atoms with Gasteiger partial charge in [-0.1, -0.05) is 296 Å². The van der Waals surface area contributed by atoms with Gasteiger partial charge in [0.2, 0.25) is 5.91 Å². The van der Waals surface area contributed by atoms with Crippen LogP contribution >= 0.6 is 0 Å². The minimum Gasteiger partial charge on any atom is -0.394 e. The molecule has 0 aliphatic carbocycles. The van der Waals surface area contributed by atoms with Crippen molar-refractivity contribution in [3.05, 3.63) is 0 Å². The number of carbonyl (C=O) groups excluding carboxylic acids is 1. The van der Waals surface area contributed by atoms with E-state index in [0.29, 0.717) is 12.8 Å². The number of hydrogen-bond acceptors (Lipinski definition) is 18. The Bertz CT molecular complexity index is 1640. The van der Waals surface area contributed by atoms with Crippen LogP contribution in [0.25, 0.3) is 0 Å². The highest BCUT2D eigenvalue weighted by Crippen LogP contribution is 2.33. The number of carbonyl (C=O) groups is 1. The Hall–Kier alpha value is -1.21. The first-order valence-electron chi connectivity index (χ1n) is 37.3. The Kier molecular flexibility index (Phi) is 49.7. The number of aliphatic hydroxyl groups excluding tert-OH is 11. The molecular weight excluding hydrogens is 1150 g/mol. The first kappa shape index (κ1) is 83.0. The fourth-order valence-corrected chi connectivity index (χ4v) is 13.1. The molecule has 90 heavy (non-hydrogen) atoms. The van der Waals surface area contributed by atoms with E-state index in [9.17, 15) is 61.0 Å². The Morgan fingerprint density at radius 2 is 0.633 bits per heavy atom. The van der Waals surface area contributed by atoms with Gasteiger partial charge in [-0.05, 0) is 12.8 Å². The van der Waals surface area contributed by atoms with E-state index in [-0.39, 0.29) is 18.9 Å². The van der Waals surface area contributed by atoms with Gasteiger partial charge in [-0.2, -0.15) is 0 Å². The molecule has 0 radical (unpaired) electrons. The summed E-state index contributed by atoms with van der Waals surface area (Å²) in [6.45, 7) is 1.86. The molecule has 0 aromatic carbocycles. The summed E-state index contributed by atoms with van der Waals surface area (Å²) in [7, 11) is 0. The molecule has 17 atom stereocenters. The molecule has 19 nitrogen and oxygen atoms in total. The molecule has 3 aliphatic heterocycles.